The summed E-state index contributed by atoms with van der Waals surface area (Å²) in [7, 11) is 1.51. The number of unbranched alkanes of at least 4 members (excludes halogenated alkanes) is 51. The highest BCUT2D eigenvalue weighted by molar-refractivity contribution is 7.47. The van der Waals surface area contributed by atoms with Gasteiger partial charge in [-0.1, -0.05) is 341 Å². The Balaban J connectivity index is 3.99. The molecule has 0 fully saturated rings. The fourth-order valence-corrected chi connectivity index (χ4v) is 11.4. The first-order valence-corrected chi connectivity index (χ1v) is 35.8. The van der Waals surface area contributed by atoms with Crippen LogP contribution in [0.1, 0.15) is 367 Å². The number of hydrogen-bond acceptors (Lipinski definition) is 7. The molecule has 460 valence electrons. The normalized spacial score (nSPS) is 13.1. The van der Waals surface area contributed by atoms with E-state index in [9.17, 15) is 19.0 Å². The molecule has 1 N–H and O–H groups in total. The number of phosphoric ester groups is 1. The van der Waals surface area contributed by atoms with Crippen LogP contribution in [-0.4, -0.2) is 74.9 Å². The van der Waals surface area contributed by atoms with E-state index < -0.39 is 26.5 Å². The standard InChI is InChI=1S/C67H134NO8P/c1-6-8-10-12-14-16-18-20-22-24-26-28-30-32-34-36-38-40-42-44-46-48-50-52-54-56-58-60-67(70)76-65(64-75-77(71,72)74-62-61-68(3,4)5)63-73-66(69)59-57-55-53-51-49-47-45-43-41-39-37-35-33-31-29-27-25-23-21-19-17-15-13-11-9-7-2/h65H,6-64H2,1-5H3/p+1. The van der Waals surface area contributed by atoms with Crippen molar-refractivity contribution in [3.63, 3.8) is 0 Å². The summed E-state index contributed by atoms with van der Waals surface area (Å²) in [5, 5.41) is 0. The van der Waals surface area contributed by atoms with Crippen LogP contribution >= 0.6 is 7.82 Å². The number of nitrogens with zero attached hydrogens (tertiary/aromatic N) is 1. The summed E-state index contributed by atoms with van der Waals surface area (Å²) in [5.41, 5.74) is 0. The van der Waals surface area contributed by atoms with Gasteiger partial charge in [-0.05, 0) is 12.8 Å². The number of hydrogen-bond donors (Lipinski definition) is 1. The molecule has 2 atom stereocenters. The molecule has 0 aliphatic heterocycles. The summed E-state index contributed by atoms with van der Waals surface area (Å²) in [6, 6.07) is 0. The molecule has 0 aliphatic rings. The highest BCUT2D eigenvalue weighted by Gasteiger charge is 2.27. The molecule has 0 aliphatic carbocycles. The van der Waals surface area contributed by atoms with Crippen LogP contribution in [0.5, 0.6) is 0 Å². The first-order valence-electron chi connectivity index (χ1n) is 34.3. The Morgan fingerprint density at radius 1 is 0.351 bits per heavy atom. The molecule has 0 heterocycles. The van der Waals surface area contributed by atoms with Crippen LogP contribution in [0.2, 0.25) is 0 Å². The quantitative estimate of drug-likeness (QED) is 0.0278. The molecule has 0 aromatic rings. The number of ether oxygens (including phenoxy) is 2. The molecule has 10 heteroatoms. The van der Waals surface area contributed by atoms with E-state index in [2.05, 4.69) is 13.8 Å². The second kappa shape index (κ2) is 59.6. The van der Waals surface area contributed by atoms with Crippen molar-refractivity contribution in [3.8, 4) is 0 Å². The Kier molecular flexibility index (Phi) is 58.9. The lowest BCUT2D eigenvalue weighted by Crippen LogP contribution is -2.37. The molecular weight excluding hydrogens is 978 g/mol. The molecule has 9 nitrogen and oxygen atoms in total. The third kappa shape index (κ3) is 64.1. The number of quaternary nitrogens is 1. The predicted octanol–water partition coefficient (Wildman–Crippen LogP) is 21.8. The molecule has 0 aromatic heterocycles. The zero-order valence-electron chi connectivity index (χ0n) is 52.5. The predicted molar refractivity (Wildman–Crippen MR) is 331 cm³/mol. The lowest BCUT2D eigenvalue weighted by atomic mass is 10.0. The number of esters is 2. The zero-order chi connectivity index (χ0) is 56.3. The van der Waals surface area contributed by atoms with Gasteiger partial charge in [0.05, 0.1) is 27.7 Å². The number of likely N-dealkylation sites (N-methyl/N-ethyl adjacent to an activating group) is 1. The van der Waals surface area contributed by atoms with E-state index >= 15 is 0 Å². The van der Waals surface area contributed by atoms with Gasteiger partial charge in [-0.2, -0.15) is 0 Å². The van der Waals surface area contributed by atoms with E-state index in [1.165, 1.54) is 302 Å². The maximum atomic E-state index is 12.9. The van der Waals surface area contributed by atoms with E-state index in [1.807, 2.05) is 21.1 Å². The van der Waals surface area contributed by atoms with Gasteiger partial charge in [0.15, 0.2) is 6.10 Å². The Morgan fingerprint density at radius 2 is 0.584 bits per heavy atom. The van der Waals surface area contributed by atoms with Crippen LogP contribution in [0.3, 0.4) is 0 Å². The van der Waals surface area contributed by atoms with Crippen LogP contribution in [0, 0.1) is 0 Å². The van der Waals surface area contributed by atoms with Crippen LogP contribution in [0.4, 0.5) is 0 Å². The highest BCUT2D eigenvalue weighted by Crippen LogP contribution is 2.43. The third-order valence-corrected chi connectivity index (χ3v) is 16.9. The molecule has 0 radical (unpaired) electrons. The fraction of sp³-hybridized carbons (Fsp3) is 0.970. The van der Waals surface area contributed by atoms with Crippen molar-refractivity contribution in [3.05, 3.63) is 0 Å². The van der Waals surface area contributed by atoms with Crippen molar-refractivity contribution in [2.75, 3.05) is 47.5 Å². The minimum Gasteiger partial charge on any atom is -0.462 e. The molecule has 0 saturated heterocycles. The largest absolute Gasteiger partial charge is 0.472 e. The van der Waals surface area contributed by atoms with E-state index in [4.69, 9.17) is 18.5 Å². The van der Waals surface area contributed by atoms with Gasteiger partial charge in [-0.3, -0.25) is 18.6 Å². The molecule has 0 aromatic carbocycles. The third-order valence-electron chi connectivity index (χ3n) is 15.9. The fourth-order valence-electron chi connectivity index (χ4n) is 10.6. The molecule has 0 amide bonds. The zero-order valence-corrected chi connectivity index (χ0v) is 53.4. The smallest absolute Gasteiger partial charge is 0.462 e. The molecule has 0 saturated carbocycles. The summed E-state index contributed by atoms with van der Waals surface area (Å²) in [6.45, 7) is 4.53. The van der Waals surface area contributed by atoms with Crippen LogP contribution in [0.15, 0.2) is 0 Å². The molecule has 2 unspecified atom stereocenters. The Hall–Kier alpha value is -0.990. The molecule has 0 rings (SSSR count). The summed E-state index contributed by atoms with van der Waals surface area (Å²) in [6.07, 6.45) is 70.6. The number of carbonyl (C=O) groups excluding carboxylic acids is 2. The van der Waals surface area contributed by atoms with Crippen molar-refractivity contribution >= 4 is 19.8 Å². The minimum absolute atomic E-state index is 0.0377. The summed E-state index contributed by atoms with van der Waals surface area (Å²) in [5.74, 6) is -0.768. The van der Waals surface area contributed by atoms with Gasteiger partial charge in [0.1, 0.15) is 19.8 Å². The van der Waals surface area contributed by atoms with Gasteiger partial charge >= 0.3 is 19.8 Å². The average molecular weight is 1110 g/mol. The molecular formula is C67H135NO8P+. The SMILES string of the molecule is CCCCCCCCCCCCCCCCCCCCCCCCCCCCCC(=O)OC(COC(=O)CCCCCCCCCCCCCCCCCCCCCCCCCCCC)COP(=O)(O)OCC[N+](C)(C)C. The molecule has 0 spiro atoms. The summed E-state index contributed by atoms with van der Waals surface area (Å²) < 4.78 is 34.7. The number of carbonyl (C=O) groups is 2. The van der Waals surface area contributed by atoms with E-state index in [1.54, 1.807) is 0 Å². The van der Waals surface area contributed by atoms with Gasteiger partial charge in [0.25, 0.3) is 0 Å². The summed E-state index contributed by atoms with van der Waals surface area (Å²) >= 11 is 0. The van der Waals surface area contributed by atoms with Gasteiger partial charge in [-0.15, -0.1) is 0 Å². The Labute approximate surface area is 480 Å². The monoisotopic (exact) mass is 1110 g/mol. The molecule has 0 bridgehead atoms. The first-order chi connectivity index (χ1) is 37.5. The van der Waals surface area contributed by atoms with Gasteiger partial charge in [0, 0.05) is 12.8 Å². The highest BCUT2D eigenvalue weighted by atomic mass is 31.2. The summed E-state index contributed by atoms with van der Waals surface area (Å²) in [4.78, 5) is 35.8. The Morgan fingerprint density at radius 3 is 0.831 bits per heavy atom. The van der Waals surface area contributed by atoms with Crippen LogP contribution < -0.4 is 0 Å². The van der Waals surface area contributed by atoms with Gasteiger partial charge in [-0.25, -0.2) is 4.57 Å². The van der Waals surface area contributed by atoms with Gasteiger partial charge < -0.3 is 18.9 Å². The van der Waals surface area contributed by atoms with Crippen molar-refractivity contribution in [2.24, 2.45) is 0 Å². The second-order valence-corrected chi connectivity index (χ2v) is 26.4. The topological polar surface area (TPSA) is 108 Å². The second-order valence-electron chi connectivity index (χ2n) is 24.9. The average Bonchev–Trinajstić information content (AvgIpc) is 3.39. The van der Waals surface area contributed by atoms with Crippen molar-refractivity contribution in [2.45, 2.75) is 373 Å². The van der Waals surface area contributed by atoms with E-state index in [-0.39, 0.29) is 25.6 Å². The Bertz CT molecular complexity index is 1260. The van der Waals surface area contributed by atoms with Crippen molar-refractivity contribution < 1.29 is 42.1 Å². The lowest BCUT2D eigenvalue weighted by molar-refractivity contribution is -0.870. The van der Waals surface area contributed by atoms with Gasteiger partial charge in [0.2, 0.25) is 0 Å². The van der Waals surface area contributed by atoms with Crippen LogP contribution in [-0.2, 0) is 32.7 Å². The van der Waals surface area contributed by atoms with E-state index in [0.717, 1.165) is 38.5 Å². The molecule has 77 heavy (non-hydrogen) atoms. The van der Waals surface area contributed by atoms with Crippen LogP contribution in [0.25, 0.3) is 0 Å². The lowest BCUT2D eigenvalue weighted by Gasteiger charge is -2.24. The number of rotatable bonds is 65. The van der Waals surface area contributed by atoms with Crippen molar-refractivity contribution in [1.82, 2.24) is 0 Å². The minimum atomic E-state index is -4.38. The maximum Gasteiger partial charge on any atom is 0.472 e. The van der Waals surface area contributed by atoms with E-state index in [0.29, 0.717) is 17.4 Å². The number of phosphoric acid groups is 1. The first kappa shape index (κ1) is 76.0. The van der Waals surface area contributed by atoms with Crippen molar-refractivity contribution in [1.29, 1.82) is 0 Å². The maximum absolute atomic E-state index is 12.9.